The van der Waals surface area contributed by atoms with E-state index in [0.717, 1.165) is 11.1 Å². The van der Waals surface area contributed by atoms with E-state index in [1.807, 2.05) is 48.5 Å². The molecule has 0 N–H and O–H groups in total. The van der Waals surface area contributed by atoms with Gasteiger partial charge in [-0.25, -0.2) is 9.18 Å². The van der Waals surface area contributed by atoms with Gasteiger partial charge in [-0.15, -0.1) is 0 Å². The van der Waals surface area contributed by atoms with Crippen LogP contribution in [0.5, 0.6) is 0 Å². The molecule has 1 unspecified atom stereocenters. The van der Waals surface area contributed by atoms with Gasteiger partial charge in [0.15, 0.2) is 0 Å². The number of methoxy groups -OCH3 is 1. The molecule has 5 heteroatoms. The first kappa shape index (κ1) is 19.6. The summed E-state index contributed by atoms with van der Waals surface area (Å²) in [6, 6.07) is 22.2. The number of carbonyl (C=O) groups is 2. The standard InChI is InChI=1S/C25H20FNO3/c1-30-25(29)22(18-11-13-19(26)14-12-18)15-23-20-9-5-6-10-21(20)24(28)27(23)16-17-7-3-2-4-8-17/h2-15,23H,16H2,1H3/b22-15+. The predicted octanol–water partition coefficient (Wildman–Crippen LogP) is 4.78. The zero-order valence-corrected chi connectivity index (χ0v) is 16.4. The van der Waals surface area contributed by atoms with Crippen LogP contribution in [0.25, 0.3) is 5.57 Å². The highest BCUT2D eigenvalue weighted by Gasteiger charge is 2.36. The topological polar surface area (TPSA) is 46.6 Å². The molecule has 0 bridgehead atoms. The number of carbonyl (C=O) groups excluding carboxylic acids is 2. The number of amides is 1. The molecule has 0 spiro atoms. The number of halogens is 1. The number of ether oxygens (including phenoxy) is 1. The number of hydrogen-bond acceptors (Lipinski definition) is 3. The van der Waals surface area contributed by atoms with Gasteiger partial charge in [-0.2, -0.15) is 0 Å². The molecule has 3 aromatic carbocycles. The van der Waals surface area contributed by atoms with E-state index in [4.69, 9.17) is 4.74 Å². The van der Waals surface area contributed by atoms with E-state index in [2.05, 4.69) is 0 Å². The third kappa shape index (κ3) is 3.74. The van der Waals surface area contributed by atoms with Crippen molar-refractivity contribution in [2.24, 2.45) is 0 Å². The van der Waals surface area contributed by atoms with Gasteiger partial charge in [-0.1, -0.05) is 60.7 Å². The molecule has 4 nitrogen and oxygen atoms in total. The molecular formula is C25H20FNO3. The minimum Gasteiger partial charge on any atom is -0.465 e. The summed E-state index contributed by atoms with van der Waals surface area (Å²) in [5, 5.41) is 0. The van der Waals surface area contributed by atoms with Crippen molar-refractivity contribution in [3.63, 3.8) is 0 Å². The molecule has 1 amide bonds. The van der Waals surface area contributed by atoms with Crippen LogP contribution in [-0.4, -0.2) is 23.9 Å². The second-order valence-corrected chi connectivity index (χ2v) is 7.03. The zero-order valence-electron chi connectivity index (χ0n) is 16.4. The maximum Gasteiger partial charge on any atom is 0.338 e. The van der Waals surface area contributed by atoms with Crippen LogP contribution in [0, 0.1) is 5.82 Å². The Labute approximate surface area is 174 Å². The quantitative estimate of drug-likeness (QED) is 0.457. The first-order valence-electron chi connectivity index (χ1n) is 9.58. The number of nitrogens with zero attached hydrogens (tertiary/aromatic N) is 1. The van der Waals surface area contributed by atoms with Crippen LogP contribution in [0.4, 0.5) is 4.39 Å². The van der Waals surface area contributed by atoms with Gasteiger partial charge in [0.05, 0.1) is 18.7 Å². The van der Waals surface area contributed by atoms with Gasteiger partial charge in [0.2, 0.25) is 0 Å². The maximum absolute atomic E-state index is 13.4. The molecular weight excluding hydrogens is 381 g/mol. The van der Waals surface area contributed by atoms with Crippen molar-refractivity contribution < 1.29 is 18.7 Å². The molecule has 0 aliphatic carbocycles. The molecule has 0 saturated heterocycles. The van der Waals surface area contributed by atoms with Crippen molar-refractivity contribution in [1.82, 2.24) is 4.90 Å². The van der Waals surface area contributed by atoms with Crippen molar-refractivity contribution in [2.45, 2.75) is 12.6 Å². The summed E-state index contributed by atoms with van der Waals surface area (Å²) < 4.78 is 18.4. The molecule has 4 rings (SSSR count). The highest BCUT2D eigenvalue weighted by molar-refractivity contribution is 6.16. The third-order valence-corrected chi connectivity index (χ3v) is 5.19. The number of hydrogen-bond donors (Lipinski definition) is 0. The molecule has 150 valence electrons. The van der Waals surface area contributed by atoms with Crippen molar-refractivity contribution in [3.8, 4) is 0 Å². The summed E-state index contributed by atoms with van der Waals surface area (Å²) in [6.07, 6.45) is 1.73. The van der Waals surface area contributed by atoms with E-state index < -0.39 is 17.8 Å². The Kier molecular flexibility index (Phi) is 5.44. The Morgan fingerprint density at radius 1 is 1.00 bits per heavy atom. The summed E-state index contributed by atoms with van der Waals surface area (Å²) in [5.41, 5.74) is 3.23. The molecule has 0 fully saturated rings. The fourth-order valence-electron chi connectivity index (χ4n) is 3.71. The fourth-order valence-corrected chi connectivity index (χ4v) is 3.71. The monoisotopic (exact) mass is 401 g/mol. The Hall–Kier alpha value is -3.73. The first-order valence-corrected chi connectivity index (χ1v) is 9.58. The summed E-state index contributed by atoms with van der Waals surface area (Å²) in [5.74, 6) is -1.04. The van der Waals surface area contributed by atoms with Gasteiger partial charge in [0.25, 0.3) is 5.91 Å². The molecule has 1 atom stereocenters. The molecule has 1 aliphatic rings. The van der Waals surface area contributed by atoms with E-state index in [1.54, 1.807) is 17.0 Å². The van der Waals surface area contributed by atoms with Crippen LogP contribution >= 0.6 is 0 Å². The predicted molar refractivity (Wildman–Crippen MR) is 112 cm³/mol. The van der Waals surface area contributed by atoms with Crippen LogP contribution < -0.4 is 0 Å². The average Bonchev–Trinajstić information content (AvgIpc) is 3.04. The van der Waals surface area contributed by atoms with Gasteiger partial charge in [-0.05, 0) is 41.0 Å². The van der Waals surface area contributed by atoms with Crippen molar-refractivity contribution >= 4 is 17.4 Å². The third-order valence-electron chi connectivity index (χ3n) is 5.19. The Bertz CT molecular complexity index is 1110. The van der Waals surface area contributed by atoms with E-state index in [-0.39, 0.29) is 11.5 Å². The largest absolute Gasteiger partial charge is 0.465 e. The van der Waals surface area contributed by atoms with Crippen LogP contribution in [0.1, 0.15) is 33.1 Å². The lowest BCUT2D eigenvalue weighted by atomic mass is 9.98. The number of esters is 1. The van der Waals surface area contributed by atoms with Crippen molar-refractivity contribution in [2.75, 3.05) is 7.11 Å². The summed E-state index contributed by atoms with van der Waals surface area (Å²) in [7, 11) is 1.30. The maximum atomic E-state index is 13.4. The molecule has 0 aromatic heterocycles. The second-order valence-electron chi connectivity index (χ2n) is 7.03. The van der Waals surface area contributed by atoms with Gasteiger partial charge in [-0.3, -0.25) is 4.79 Å². The summed E-state index contributed by atoms with van der Waals surface area (Å²) in [6.45, 7) is 0.396. The lowest BCUT2D eigenvalue weighted by Crippen LogP contribution is -2.27. The number of benzene rings is 3. The normalized spacial score (nSPS) is 15.8. The molecule has 3 aromatic rings. The summed E-state index contributed by atoms with van der Waals surface area (Å²) in [4.78, 5) is 27.4. The average molecular weight is 401 g/mol. The Balaban J connectivity index is 1.81. The SMILES string of the molecule is COC(=O)/C(=C/C1c2ccccc2C(=O)N1Cc1ccccc1)c1ccc(F)cc1. The molecule has 30 heavy (non-hydrogen) atoms. The van der Waals surface area contributed by atoms with Crippen molar-refractivity contribution in [3.05, 3.63) is 113 Å². The van der Waals surface area contributed by atoms with Crippen LogP contribution in [0.15, 0.2) is 84.9 Å². The number of fused-ring (bicyclic) bond motifs is 1. The van der Waals surface area contributed by atoms with Gasteiger partial charge in [0.1, 0.15) is 5.82 Å². The van der Waals surface area contributed by atoms with E-state index >= 15 is 0 Å². The molecule has 0 radical (unpaired) electrons. The summed E-state index contributed by atoms with van der Waals surface area (Å²) >= 11 is 0. The smallest absolute Gasteiger partial charge is 0.338 e. The van der Waals surface area contributed by atoms with Crippen molar-refractivity contribution in [1.29, 1.82) is 0 Å². The second kappa shape index (κ2) is 8.33. The lowest BCUT2D eigenvalue weighted by Gasteiger charge is -2.24. The van der Waals surface area contributed by atoms with E-state index in [1.165, 1.54) is 31.4 Å². The van der Waals surface area contributed by atoms with Crippen LogP contribution in [-0.2, 0) is 16.1 Å². The highest BCUT2D eigenvalue weighted by Crippen LogP contribution is 2.37. The molecule has 0 saturated carbocycles. The zero-order chi connectivity index (χ0) is 21.1. The van der Waals surface area contributed by atoms with Gasteiger partial charge in [0, 0.05) is 12.1 Å². The van der Waals surface area contributed by atoms with Gasteiger partial charge < -0.3 is 9.64 Å². The van der Waals surface area contributed by atoms with E-state index in [9.17, 15) is 14.0 Å². The fraction of sp³-hybridized carbons (Fsp3) is 0.120. The highest BCUT2D eigenvalue weighted by atomic mass is 19.1. The van der Waals surface area contributed by atoms with Crippen LogP contribution in [0.2, 0.25) is 0 Å². The Morgan fingerprint density at radius 2 is 1.67 bits per heavy atom. The Morgan fingerprint density at radius 3 is 2.37 bits per heavy atom. The minimum absolute atomic E-state index is 0.0981. The van der Waals surface area contributed by atoms with E-state index in [0.29, 0.717) is 17.7 Å². The van der Waals surface area contributed by atoms with Gasteiger partial charge >= 0.3 is 5.97 Å². The molecule has 1 aliphatic heterocycles. The molecule has 1 heterocycles. The first-order chi connectivity index (χ1) is 14.6. The lowest BCUT2D eigenvalue weighted by molar-refractivity contribution is -0.133. The minimum atomic E-state index is -0.543. The number of rotatable bonds is 5. The van der Waals surface area contributed by atoms with Crippen LogP contribution in [0.3, 0.4) is 0 Å².